The molecule has 0 spiro atoms. The number of nitrogens with zero attached hydrogens (tertiary/aromatic N) is 4. The molecule has 158 valence electrons. The van der Waals surface area contributed by atoms with Crippen LogP contribution in [0, 0.1) is 6.92 Å². The molecule has 32 heavy (non-hydrogen) atoms. The van der Waals surface area contributed by atoms with Crippen molar-refractivity contribution >= 4 is 34.5 Å². The molecular formula is C24H18N4O3S. The van der Waals surface area contributed by atoms with Crippen molar-refractivity contribution in [1.82, 2.24) is 19.4 Å². The fourth-order valence-corrected chi connectivity index (χ4v) is 4.65. The molecule has 0 radical (unpaired) electrons. The van der Waals surface area contributed by atoms with Crippen LogP contribution in [0.15, 0.2) is 76.8 Å². The summed E-state index contributed by atoms with van der Waals surface area (Å²) in [7, 11) is 0. The number of fused-ring (bicyclic) bond motifs is 2. The van der Waals surface area contributed by atoms with Gasteiger partial charge in [-0.2, -0.15) is 0 Å². The molecule has 0 N–H and O–H groups in total. The van der Waals surface area contributed by atoms with Crippen molar-refractivity contribution in [2.24, 2.45) is 0 Å². The van der Waals surface area contributed by atoms with E-state index in [9.17, 15) is 14.4 Å². The van der Waals surface area contributed by atoms with Crippen LogP contribution in [-0.4, -0.2) is 43.5 Å². The Kier molecular flexibility index (Phi) is 5.07. The quantitative estimate of drug-likeness (QED) is 0.267. The highest BCUT2D eigenvalue weighted by molar-refractivity contribution is 7.99. The lowest BCUT2D eigenvalue weighted by molar-refractivity contribution is 0.0664. The first-order valence-electron chi connectivity index (χ1n) is 10.1. The van der Waals surface area contributed by atoms with Gasteiger partial charge in [-0.05, 0) is 48.9 Å². The topological polar surface area (TPSA) is 85.2 Å². The van der Waals surface area contributed by atoms with Crippen LogP contribution in [0.2, 0.25) is 0 Å². The SMILES string of the molecule is Cc1ccnc(-n2c(SCCN3C(=O)c4ccccc4C3=O)nc3ccccc3c2=O)c1. The van der Waals surface area contributed by atoms with Gasteiger partial charge >= 0.3 is 0 Å². The maximum Gasteiger partial charge on any atom is 0.267 e. The van der Waals surface area contributed by atoms with E-state index in [0.717, 1.165) is 5.56 Å². The Morgan fingerprint density at radius 2 is 1.59 bits per heavy atom. The molecule has 0 unspecified atom stereocenters. The average Bonchev–Trinajstić information content (AvgIpc) is 3.04. The fourth-order valence-electron chi connectivity index (χ4n) is 3.72. The molecule has 1 aliphatic heterocycles. The van der Waals surface area contributed by atoms with Crippen molar-refractivity contribution in [3.63, 3.8) is 0 Å². The fraction of sp³-hybridized carbons (Fsp3) is 0.125. The summed E-state index contributed by atoms with van der Waals surface area (Å²) in [6.07, 6.45) is 1.65. The van der Waals surface area contributed by atoms with Gasteiger partial charge in [-0.25, -0.2) is 14.5 Å². The minimum atomic E-state index is -0.296. The highest BCUT2D eigenvalue weighted by Crippen LogP contribution is 2.25. The molecule has 5 rings (SSSR count). The van der Waals surface area contributed by atoms with Gasteiger partial charge in [0.1, 0.15) is 5.82 Å². The predicted octanol–water partition coefficient (Wildman–Crippen LogP) is 3.48. The predicted molar refractivity (Wildman–Crippen MR) is 122 cm³/mol. The van der Waals surface area contributed by atoms with Gasteiger partial charge in [-0.3, -0.25) is 19.3 Å². The van der Waals surface area contributed by atoms with Crippen LogP contribution in [0.5, 0.6) is 0 Å². The van der Waals surface area contributed by atoms with E-state index in [-0.39, 0.29) is 23.9 Å². The van der Waals surface area contributed by atoms with E-state index in [1.807, 2.05) is 25.1 Å². The van der Waals surface area contributed by atoms with Crippen molar-refractivity contribution in [2.45, 2.75) is 12.1 Å². The second kappa shape index (κ2) is 8.05. The number of imide groups is 1. The Bertz CT molecular complexity index is 1410. The van der Waals surface area contributed by atoms with Gasteiger partial charge in [-0.15, -0.1) is 0 Å². The number of amides is 2. The Labute approximate surface area is 187 Å². The number of para-hydroxylation sites is 1. The summed E-state index contributed by atoms with van der Waals surface area (Å²) in [5, 5.41) is 0.962. The number of carbonyl (C=O) groups is 2. The lowest BCUT2D eigenvalue weighted by Gasteiger charge is -2.15. The molecule has 0 aliphatic carbocycles. The number of pyridine rings is 1. The molecule has 1 aliphatic rings. The standard InChI is InChI=1S/C24H18N4O3S/c1-15-10-11-25-20(14-15)28-23(31)18-8-4-5-9-19(18)26-24(28)32-13-12-27-21(29)16-6-2-3-7-17(16)22(27)30/h2-11,14H,12-13H2,1H3. The van der Waals surface area contributed by atoms with Gasteiger partial charge in [0, 0.05) is 18.5 Å². The molecule has 2 amide bonds. The number of hydrogen-bond acceptors (Lipinski definition) is 6. The summed E-state index contributed by atoms with van der Waals surface area (Å²) in [6, 6.07) is 17.7. The third-order valence-corrected chi connectivity index (χ3v) is 6.22. The lowest BCUT2D eigenvalue weighted by Crippen LogP contribution is -2.32. The molecule has 8 heteroatoms. The van der Waals surface area contributed by atoms with Gasteiger partial charge in [-0.1, -0.05) is 36.0 Å². The van der Waals surface area contributed by atoms with Crippen molar-refractivity contribution in [1.29, 1.82) is 0 Å². The first-order valence-corrected chi connectivity index (χ1v) is 11.1. The lowest BCUT2D eigenvalue weighted by atomic mass is 10.1. The number of rotatable bonds is 5. The number of benzene rings is 2. The average molecular weight is 443 g/mol. The molecule has 3 heterocycles. The number of aryl methyl sites for hydroxylation is 1. The summed E-state index contributed by atoms with van der Waals surface area (Å²) in [6.45, 7) is 2.14. The van der Waals surface area contributed by atoms with Crippen molar-refractivity contribution < 1.29 is 9.59 Å². The van der Waals surface area contributed by atoms with Gasteiger partial charge < -0.3 is 0 Å². The van der Waals surface area contributed by atoms with Crippen molar-refractivity contribution in [2.75, 3.05) is 12.3 Å². The second-order valence-corrected chi connectivity index (χ2v) is 8.46. The number of thioether (sulfide) groups is 1. The zero-order chi connectivity index (χ0) is 22.2. The number of hydrogen-bond donors (Lipinski definition) is 0. The van der Waals surface area contributed by atoms with Gasteiger partial charge in [0.05, 0.1) is 22.0 Å². The molecule has 2 aromatic carbocycles. The maximum absolute atomic E-state index is 13.3. The van der Waals surface area contributed by atoms with E-state index in [1.165, 1.54) is 21.2 Å². The number of carbonyl (C=O) groups excluding carboxylic acids is 2. The third-order valence-electron chi connectivity index (χ3n) is 5.30. The minimum Gasteiger partial charge on any atom is -0.273 e. The van der Waals surface area contributed by atoms with E-state index in [2.05, 4.69) is 9.97 Å². The largest absolute Gasteiger partial charge is 0.273 e. The third kappa shape index (κ3) is 3.38. The van der Waals surface area contributed by atoms with Gasteiger partial charge in [0.25, 0.3) is 17.4 Å². The summed E-state index contributed by atoms with van der Waals surface area (Å²) in [5.41, 5.74) is 2.19. The van der Waals surface area contributed by atoms with Crippen LogP contribution in [-0.2, 0) is 0 Å². The van der Waals surface area contributed by atoms with Crippen LogP contribution >= 0.6 is 11.8 Å². The number of aromatic nitrogens is 3. The van der Waals surface area contributed by atoms with E-state index < -0.39 is 0 Å². The molecule has 0 fully saturated rings. The molecule has 2 aromatic heterocycles. The molecule has 4 aromatic rings. The van der Waals surface area contributed by atoms with Crippen molar-refractivity contribution in [3.05, 3.63) is 93.9 Å². The Balaban J connectivity index is 1.47. The van der Waals surface area contributed by atoms with Gasteiger partial charge in [0.2, 0.25) is 0 Å². The van der Waals surface area contributed by atoms with E-state index in [1.54, 1.807) is 48.7 Å². The maximum atomic E-state index is 13.3. The Hall–Kier alpha value is -3.78. The smallest absolute Gasteiger partial charge is 0.267 e. The minimum absolute atomic E-state index is 0.209. The summed E-state index contributed by atoms with van der Waals surface area (Å²) in [4.78, 5) is 48.8. The summed E-state index contributed by atoms with van der Waals surface area (Å²) >= 11 is 1.31. The van der Waals surface area contributed by atoms with Gasteiger partial charge in [0.15, 0.2) is 5.16 Å². The Morgan fingerprint density at radius 1 is 0.906 bits per heavy atom. The first kappa shape index (κ1) is 20.1. The van der Waals surface area contributed by atoms with E-state index >= 15 is 0 Å². The highest BCUT2D eigenvalue weighted by atomic mass is 32.2. The second-order valence-electron chi connectivity index (χ2n) is 7.40. The van der Waals surface area contributed by atoms with Crippen LogP contribution < -0.4 is 5.56 Å². The summed E-state index contributed by atoms with van der Waals surface area (Å²) in [5.74, 6) is 0.282. The van der Waals surface area contributed by atoms with E-state index in [4.69, 9.17) is 0 Å². The van der Waals surface area contributed by atoms with Crippen molar-refractivity contribution in [3.8, 4) is 5.82 Å². The molecule has 7 nitrogen and oxygen atoms in total. The highest BCUT2D eigenvalue weighted by Gasteiger charge is 2.34. The Morgan fingerprint density at radius 3 is 2.31 bits per heavy atom. The van der Waals surface area contributed by atoms with E-state index in [0.29, 0.717) is 38.8 Å². The van der Waals surface area contributed by atoms with Crippen LogP contribution in [0.1, 0.15) is 26.3 Å². The molecular weight excluding hydrogens is 424 g/mol. The molecule has 0 atom stereocenters. The zero-order valence-electron chi connectivity index (χ0n) is 17.2. The van der Waals surface area contributed by atoms with Crippen LogP contribution in [0.3, 0.4) is 0 Å². The molecule has 0 saturated heterocycles. The normalized spacial score (nSPS) is 13.1. The zero-order valence-corrected chi connectivity index (χ0v) is 18.0. The monoisotopic (exact) mass is 442 g/mol. The summed E-state index contributed by atoms with van der Waals surface area (Å²) < 4.78 is 1.49. The van der Waals surface area contributed by atoms with Crippen LogP contribution in [0.4, 0.5) is 0 Å². The van der Waals surface area contributed by atoms with Crippen LogP contribution in [0.25, 0.3) is 16.7 Å². The molecule has 0 saturated carbocycles. The first-order chi connectivity index (χ1) is 15.5. The molecule has 0 bridgehead atoms.